The molecule has 0 aromatic carbocycles. The van der Waals surface area contributed by atoms with Gasteiger partial charge in [0.2, 0.25) is 0 Å². The second kappa shape index (κ2) is 4.64. The number of fused-ring (bicyclic) bond motifs is 1. The van der Waals surface area contributed by atoms with Gasteiger partial charge in [0.05, 0.1) is 18.4 Å². The van der Waals surface area contributed by atoms with Crippen LogP contribution >= 0.6 is 0 Å². The van der Waals surface area contributed by atoms with Gasteiger partial charge in [-0.15, -0.1) is 0 Å². The summed E-state index contributed by atoms with van der Waals surface area (Å²) in [7, 11) is 2.12. The molecule has 0 amide bonds. The van der Waals surface area contributed by atoms with Gasteiger partial charge in [0.1, 0.15) is 11.6 Å². The molecule has 5 nitrogen and oxygen atoms in total. The lowest BCUT2D eigenvalue weighted by atomic mass is 10.1. The molecule has 0 atom stereocenters. The Hall–Kier alpha value is -1.91. The van der Waals surface area contributed by atoms with E-state index < -0.39 is 0 Å². The highest BCUT2D eigenvalue weighted by Crippen LogP contribution is 2.25. The molecule has 1 aliphatic heterocycles. The normalized spacial score (nSPS) is 14.8. The summed E-state index contributed by atoms with van der Waals surface area (Å²) < 4.78 is 2.26. The maximum absolute atomic E-state index is 4.80. The highest BCUT2D eigenvalue weighted by atomic mass is 15.2. The first-order valence-corrected chi connectivity index (χ1v) is 6.72. The average molecular weight is 257 g/mol. The molecule has 0 unspecified atom stereocenters. The van der Waals surface area contributed by atoms with E-state index in [1.54, 1.807) is 12.4 Å². The first kappa shape index (κ1) is 12.1. The maximum atomic E-state index is 4.80. The predicted molar refractivity (Wildman–Crippen MR) is 74.1 cm³/mol. The summed E-state index contributed by atoms with van der Waals surface area (Å²) in [4.78, 5) is 15.5. The molecule has 0 saturated carbocycles. The van der Waals surface area contributed by atoms with Crippen molar-refractivity contribution in [2.45, 2.75) is 32.7 Å². The van der Waals surface area contributed by atoms with Crippen LogP contribution in [0.5, 0.6) is 0 Å². The van der Waals surface area contributed by atoms with Gasteiger partial charge in [0.25, 0.3) is 0 Å². The largest absolute Gasteiger partial charge is 0.349 e. The first-order chi connectivity index (χ1) is 9.16. The van der Waals surface area contributed by atoms with E-state index in [-0.39, 0.29) is 0 Å². The minimum absolute atomic E-state index is 0.459. The van der Waals surface area contributed by atoms with Crippen molar-refractivity contribution in [2.24, 2.45) is 7.05 Å². The Kier molecular flexibility index (Phi) is 2.97. The Bertz CT molecular complexity index is 573. The number of rotatable bonds is 2. The van der Waals surface area contributed by atoms with Gasteiger partial charge >= 0.3 is 0 Å². The van der Waals surface area contributed by atoms with Gasteiger partial charge in [-0.25, -0.2) is 9.97 Å². The van der Waals surface area contributed by atoms with Gasteiger partial charge in [0.15, 0.2) is 0 Å². The summed E-state index contributed by atoms with van der Waals surface area (Å²) in [6.45, 7) is 6.18. The second-order valence-corrected chi connectivity index (χ2v) is 5.31. The molecule has 0 N–H and O–H groups in total. The number of hydrogen-bond acceptors (Lipinski definition) is 4. The molecule has 3 rings (SSSR count). The predicted octanol–water partition coefficient (Wildman–Crippen LogP) is 1.90. The van der Waals surface area contributed by atoms with E-state index in [4.69, 9.17) is 4.98 Å². The Morgan fingerprint density at radius 1 is 1.26 bits per heavy atom. The third kappa shape index (κ3) is 2.09. The van der Waals surface area contributed by atoms with E-state index in [0.29, 0.717) is 5.92 Å². The second-order valence-electron chi connectivity index (χ2n) is 5.31. The fraction of sp³-hybridized carbons (Fsp3) is 0.500. The molecule has 0 spiro atoms. The summed E-state index contributed by atoms with van der Waals surface area (Å²) in [5.41, 5.74) is 2.55. The standard InChI is InChI=1S/C14H19N5/c1-10(2)14-17-11-9-19(7-4-12(11)18(14)3)13-8-15-5-6-16-13/h5-6,8,10H,4,7,9H2,1-3H3. The van der Waals surface area contributed by atoms with Gasteiger partial charge in [0, 0.05) is 44.0 Å². The molecule has 0 bridgehead atoms. The van der Waals surface area contributed by atoms with Crippen molar-refractivity contribution in [3.05, 3.63) is 35.8 Å². The zero-order valence-corrected chi connectivity index (χ0v) is 11.7. The van der Waals surface area contributed by atoms with Crippen molar-refractivity contribution in [3.63, 3.8) is 0 Å². The molecule has 0 saturated heterocycles. The Balaban J connectivity index is 1.90. The van der Waals surface area contributed by atoms with E-state index in [0.717, 1.165) is 25.3 Å². The average Bonchev–Trinajstić information content (AvgIpc) is 2.77. The SMILES string of the molecule is CC(C)c1nc2c(n1C)CCN(c1cnccn1)C2. The first-order valence-electron chi connectivity index (χ1n) is 6.72. The quantitative estimate of drug-likeness (QED) is 0.824. The molecular weight excluding hydrogens is 238 g/mol. The molecule has 0 radical (unpaired) electrons. The lowest BCUT2D eigenvalue weighted by Gasteiger charge is -2.27. The fourth-order valence-electron chi connectivity index (χ4n) is 2.72. The van der Waals surface area contributed by atoms with Crippen molar-refractivity contribution < 1.29 is 0 Å². The Labute approximate surface area is 113 Å². The molecule has 2 aromatic rings. The molecule has 0 fully saturated rings. The minimum atomic E-state index is 0.459. The molecule has 3 heterocycles. The summed E-state index contributed by atoms with van der Waals surface area (Å²) in [6.07, 6.45) is 6.28. The zero-order chi connectivity index (χ0) is 13.4. The highest BCUT2D eigenvalue weighted by Gasteiger charge is 2.24. The van der Waals surface area contributed by atoms with Crippen LogP contribution in [0.15, 0.2) is 18.6 Å². The van der Waals surface area contributed by atoms with Crippen LogP contribution in [0.2, 0.25) is 0 Å². The number of anilines is 1. The molecule has 0 aliphatic carbocycles. The van der Waals surface area contributed by atoms with E-state index in [2.05, 4.69) is 40.3 Å². The smallest absolute Gasteiger partial charge is 0.147 e. The number of imidazole rings is 1. The lowest BCUT2D eigenvalue weighted by molar-refractivity contribution is 0.658. The van der Waals surface area contributed by atoms with Crippen LogP contribution in [-0.2, 0) is 20.0 Å². The Morgan fingerprint density at radius 2 is 2.11 bits per heavy atom. The van der Waals surface area contributed by atoms with E-state index in [1.165, 1.54) is 17.2 Å². The summed E-state index contributed by atoms with van der Waals surface area (Å²) in [5.74, 6) is 2.57. The van der Waals surface area contributed by atoms with Crippen LogP contribution in [0.25, 0.3) is 0 Å². The maximum Gasteiger partial charge on any atom is 0.147 e. The van der Waals surface area contributed by atoms with Crippen molar-refractivity contribution >= 4 is 5.82 Å². The highest BCUT2D eigenvalue weighted by molar-refractivity contribution is 5.39. The topological polar surface area (TPSA) is 46.8 Å². The van der Waals surface area contributed by atoms with Crippen molar-refractivity contribution in [2.75, 3.05) is 11.4 Å². The van der Waals surface area contributed by atoms with Gasteiger partial charge in [-0.05, 0) is 0 Å². The molecule has 5 heteroatoms. The molecular formula is C14H19N5. The zero-order valence-electron chi connectivity index (χ0n) is 11.7. The van der Waals surface area contributed by atoms with Crippen LogP contribution in [0.3, 0.4) is 0 Å². The Morgan fingerprint density at radius 3 is 2.79 bits per heavy atom. The lowest BCUT2D eigenvalue weighted by Crippen LogP contribution is -2.31. The molecule has 1 aliphatic rings. The molecule has 2 aromatic heterocycles. The van der Waals surface area contributed by atoms with E-state index in [1.807, 2.05) is 6.20 Å². The summed E-state index contributed by atoms with van der Waals surface area (Å²) in [6, 6.07) is 0. The van der Waals surface area contributed by atoms with Gasteiger partial charge < -0.3 is 9.47 Å². The number of nitrogens with zero attached hydrogens (tertiary/aromatic N) is 5. The third-order valence-corrected chi connectivity index (χ3v) is 3.68. The molecule has 100 valence electrons. The van der Waals surface area contributed by atoms with Gasteiger partial charge in [-0.3, -0.25) is 4.98 Å². The van der Waals surface area contributed by atoms with E-state index in [9.17, 15) is 0 Å². The minimum Gasteiger partial charge on any atom is -0.349 e. The van der Waals surface area contributed by atoms with Gasteiger partial charge in [-0.2, -0.15) is 0 Å². The monoisotopic (exact) mass is 257 g/mol. The van der Waals surface area contributed by atoms with Crippen LogP contribution in [0.1, 0.15) is 37.0 Å². The van der Waals surface area contributed by atoms with Crippen LogP contribution in [0.4, 0.5) is 5.82 Å². The van der Waals surface area contributed by atoms with Crippen molar-refractivity contribution in [3.8, 4) is 0 Å². The fourth-order valence-corrected chi connectivity index (χ4v) is 2.72. The third-order valence-electron chi connectivity index (χ3n) is 3.68. The number of aromatic nitrogens is 4. The van der Waals surface area contributed by atoms with E-state index >= 15 is 0 Å². The summed E-state index contributed by atoms with van der Waals surface area (Å²) >= 11 is 0. The van der Waals surface area contributed by atoms with Crippen LogP contribution < -0.4 is 4.90 Å². The molecule has 19 heavy (non-hydrogen) atoms. The van der Waals surface area contributed by atoms with Gasteiger partial charge in [-0.1, -0.05) is 13.8 Å². The van der Waals surface area contributed by atoms with Crippen LogP contribution in [-0.4, -0.2) is 26.1 Å². The van der Waals surface area contributed by atoms with Crippen LogP contribution in [0, 0.1) is 0 Å². The number of hydrogen-bond donors (Lipinski definition) is 0. The van der Waals surface area contributed by atoms with Crippen molar-refractivity contribution in [1.82, 2.24) is 19.5 Å². The van der Waals surface area contributed by atoms with Crippen molar-refractivity contribution in [1.29, 1.82) is 0 Å². The summed E-state index contributed by atoms with van der Waals surface area (Å²) in [5, 5.41) is 0.